The number of allylic oxidation sites excluding steroid dienone is 1. The Morgan fingerprint density at radius 3 is 2.67 bits per heavy atom. The molecule has 0 radical (unpaired) electrons. The van der Waals surface area contributed by atoms with E-state index in [2.05, 4.69) is 37.3 Å². The molecule has 0 saturated carbocycles. The summed E-state index contributed by atoms with van der Waals surface area (Å²) in [4.78, 5) is 0. The molecule has 1 N–H and O–H groups in total. The third kappa shape index (κ3) is 1.98. The van der Waals surface area contributed by atoms with Crippen LogP contribution in [0.4, 0.5) is 0 Å². The van der Waals surface area contributed by atoms with Gasteiger partial charge in [-0.15, -0.1) is 0 Å². The summed E-state index contributed by atoms with van der Waals surface area (Å²) in [6, 6.07) is 8.53. The van der Waals surface area contributed by atoms with Gasteiger partial charge >= 0.3 is 0 Å². The molecule has 1 aliphatic carbocycles. The predicted molar refractivity (Wildman–Crippen MR) is 63.6 cm³/mol. The lowest BCUT2D eigenvalue weighted by atomic mass is 9.82. The van der Waals surface area contributed by atoms with E-state index in [0.29, 0.717) is 0 Å². The molecule has 1 nitrogen and oxygen atoms in total. The van der Waals surface area contributed by atoms with Gasteiger partial charge in [-0.1, -0.05) is 37.3 Å². The second kappa shape index (κ2) is 4.19. The van der Waals surface area contributed by atoms with Crippen molar-refractivity contribution in [1.29, 1.82) is 0 Å². The van der Waals surface area contributed by atoms with Crippen LogP contribution in [0.3, 0.4) is 0 Å². The van der Waals surface area contributed by atoms with Crippen molar-refractivity contribution in [3.8, 4) is 0 Å². The zero-order valence-electron chi connectivity index (χ0n) is 9.40. The first-order valence-corrected chi connectivity index (χ1v) is 5.66. The Morgan fingerprint density at radius 2 is 1.93 bits per heavy atom. The Balaban J connectivity index is 2.38. The maximum absolute atomic E-state index is 9.66. The maximum atomic E-state index is 9.66. The van der Waals surface area contributed by atoms with E-state index in [0.717, 1.165) is 12.8 Å². The molecule has 2 atom stereocenters. The normalized spacial score (nSPS) is 19.0. The van der Waals surface area contributed by atoms with Crippen LogP contribution in [0.15, 0.2) is 30.3 Å². The molecule has 0 saturated heterocycles. The van der Waals surface area contributed by atoms with Gasteiger partial charge in [0, 0.05) is 5.92 Å². The standard InChI is InChI=1S/C14H18O/c1-10(11(2)15)13-9-5-7-12-6-3-4-8-14(12)13/h3-4,6,8-11,15H,5,7H2,1-2H3/t10-,11+/m1/s1. The Morgan fingerprint density at radius 1 is 1.20 bits per heavy atom. The molecule has 0 aromatic heterocycles. The minimum Gasteiger partial charge on any atom is -0.393 e. The van der Waals surface area contributed by atoms with Crippen molar-refractivity contribution >= 4 is 5.57 Å². The molecule has 1 aliphatic rings. The van der Waals surface area contributed by atoms with E-state index in [-0.39, 0.29) is 12.0 Å². The van der Waals surface area contributed by atoms with Crippen LogP contribution in [0.1, 0.15) is 31.4 Å². The molecule has 0 fully saturated rings. The summed E-state index contributed by atoms with van der Waals surface area (Å²) in [5, 5.41) is 9.66. The largest absolute Gasteiger partial charge is 0.393 e. The highest BCUT2D eigenvalue weighted by molar-refractivity contribution is 5.71. The quantitative estimate of drug-likeness (QED) is 0.781. The van der Waals surface area contributed by atoms with Crippen LogP contribution >= 0.6 is 0 Å². The van der Waals surface area contributed by atoms with Gasteiger partial charge < -0.3 is 5.11 Å². The minimum absolute atomic E-state index is 0.228. The van der Waals surface area contributed by atoms with Crippen molar-refractivity contribution in [1.82, 2.24) is 0 Å². The van der Waals surface area contributed by atoms with Gasteiger partial charge in [-0.05, 0) is 36.5 Å². The number of fused-ring (bicyclic) bond motifs is 1. The zero-order valence-corrected chi connectivity index (χ0v) is 9.40. The molecule has 0 unspecified atom stereocenters. The van der Waals surface area contributed by atoms with Gasteiger partial charge in [0.2, 0.25) is 0 Å². The molecule has 0 spiro atoms. The topological polar surface area (TPSA) is 20.2 Å². The highest BCUT2D eigenvalue weighted by Gasteiger charge is 2.20. The van der Waals surface area contributed by atoms with Crippen molar-refractivity contribution in [3.63, 3.8) is 0 Å². The SMILES string of the molecule is C[C@H](O)[C@@H](C)C1=CCCc2ccccc21. The van der Waals surface area contributed by atoms with E-state index in [1.165, 1.54) is 16.7 Å². The summed E-state index contributed by atoms with van der Waals surface area (Å²) in [6.07, 6.45) is 4.23. The van der Waals surface area contributed by atoms with Gasteiger partial charge in [-0.2, -0.15) is 0 Å². The van der Waals surface area contributed by atoms with Crippen molar-refractivity contribution in [2.75, 3.05) is 0 Å². The maximum Gasteiger partial charge on any atom is 0.0578 e. The molecular weight excluding hydrogens is 184 g/mol. The lowest BCUT2D eigenvalue weighted by Gasteiger charge is -2.24. The summed E-state index contributed by atoms with van der Waals surface area (Å²) in [5.41, 5.74) is 4.06. The summed E-state index contributed by atoms with van der Waals surface area (Å²) >= 11 is 0. The summed E-state index contributed by atoms with van der Waals surface area (Å²) in [6.45, 7) is 3.96. The number of rotatable bonds is 2. The Kier molecular flexibility index (Phi) is 2.92. The molecule has 0 aliphatic heterocycles. The van der Waals surface area contributed by atoms with E-state index in [1.807, 2.05) is 6.92 Å². The van der Waals surface area contributed by atoms with Crippen LogP contribution in [0.25, 0.3) is 5.57 Å². The lowest BCUT2D eigenvalue weighted by molar-refractivity contribution is 0.161. The number of aryl methyl sites for hydroxylation is 1. The Hall–Kier alpha value is -1.08. The lowest BCUT2D eigenvalue weighted by Crippen LogP contribution is -2.17. The third-order valence-corrected chi connectivity index (χ3v) is 3.32. The van der Waals surface area contributed by atoms with Crippen LogP contribution in [-0.2, 0) is 6.42 Å². The van der Waals surface area contributed by atoms with Gasteiger partial charge in [0.05, 0.1) is 6.10 Å². The van der Waals surface area contributed by atoms with Gasteiger partial charge in [0.25, 0.3) is 0 Å². The first kappa shape index (κ1) is 10.4. The molecule has 1 aromatic rings. The third-order valence-electron chi connectivity index (χ3n) is 3.32. The highest BCUT2D eigenvalue weighted by Crippen LogP contribution is 2.32. The summed E-state index contributed by atoms with van der Waals surface area (Å²) in [5.74, 6) is 0.228. The number of hydrogen-bond acceptors (Lipinski definition) is 1. The Bertz CT molecular complexity index is 377. The second-order valence-corrected chi connectivity index (χ2v) is 4.38. The van der Waals surface area contributed by atoms with Crippen molar-refractivity contribution in [2.45, 2.75) is 32.8 Å². The molecular formula is C14H18O. The summed E-state index contributed by atoms with van der Waals surface area (Å²) in [7, 11) is 0. The van der Waals surface area contributed by atoms with E-state index < -0.39 is 0 Å². The van der Waals surface area contributed by atoms with E-state index in [9.17, 15) is 5.11 Å². The van der Waals surface area contributed by atoms with Gasteiger partial charge in [0.15, 0.2) is 0 Å². The second-order valence-electron chi connectivity index (χ2n) is 4.38. The molecule has 0 heterocycles. The fourth-order valence-electron chi connectivity index (χ4n) is 2.20. The van der Waals surface area contributed by atoms with E-state index in [1.54, 1.807) is 0 Å². The monoisotopic (exact) mass is 202 g/mol. The number of aliphatic hydroxyl groups is 1. The number of benzene rings is 1. The molecule has 15 heavy (non-hydrogen) atoms. The van der Waals surface area contributed by atoms with Gasteiger partial charge in [-0.3, -0.25) is 0 Å². The average molecular weight is 202 g/mol. The predicted octanol–water partition coefficient (Wildman–Crippen LogP) is 3.03. The molecule has 0 amide bonds. The fraction of sp³-hybridized carbons (Fsp3) is 0.429. The minimum atomic E-state index is -0.276. The van der Waals surface area contributed by atoms with Crippen LogP contribution in [0.2, 0.25) is 0 Å². The Labute approximate surface area is 91.4 Å². The first-order chi connectivity index (χ1) is 7.20. The van der Waals surface area contributed by atoms with Crippen molar-refractivity contribution < 1.29 is 5.11 Å². The number of hydrogen-bond donors (Lipinski definition) is 1. The van der Waals surface area contributed by atoms with Crippen LogP contribution in [0, 0.1) is 5.92 Å². The summed E-state index contributed by atoms with van der Waals surface area (Å²) < 4.78 is 0. The van der Waals surface area contributed by atoms with Crippen molar-refractivity contribution in [3.05, 3.63) is 41.5 Å². The van der Waals surface area contributed by atoms with Crippen LogP contribution in [-0.4, -0.2) is 11.2 Å². The molecule has 1 aromatic carbocycles. The molecule has 80 valence electrons. The zero-order chi connectivity index (χ0) is 10.8. The van der Waals surface area contributed by atoms with Crippen LogP contribution in [0.5, 0.6) is 0 Å². The van der Waals surface area contributed by atoms with Gasteiger partial charge in [-0.25, -0.2) is 0 Å². The molecule has 0 bridgehead atoms. The average Bonchev–Trinajstić information content (AvgIpc) is 2.27. The van der Waals surface area contributed by atoms with Gasteiger partial charge in [0.1, 0.15) is 0 Å². The smallest absolute Gasteiger partial charge is 0.0578 e. The van der Waals surface area contributed by atoms with Crippen molar-refractivity contribution in [2.24, 2.45) is 5.92 Å². The number of aliphatic hydroxyl groups excluding tert-OH is 1. The highest BCUT2D eigenvalue weighted by atomic mass is 16.3. The molecule has 1 heteroatoms. The van der Waals surface area contributed by atoms with E-state index >= 15 is 0 Å². The molecule has 2 rings (SSSR count). The first-order valence-electron chi connectivity index (χ1n) is 5.66. The van der Waals surface area contributed by atoms with Crippen LogP contribution < -0.4 is 0 Å². The fourth-order valence-corrected chi connectivity index (χ4v) is 2.20. The van der Waals surface area contributed by atoms with E-state index in [4.69, 9.17) is 0 Å².